The molecule has 2 amide bonds. The third-order valence-electron chi connectivity index (χ3n) is 5.38. The lowest BCUT2D eigenvalue weighted by Gasteiger charge is -2.19. The van der Waals surface area contributed by atoms with Gasteiger partial charge in [0, 0.05) is 25.4 Å². The van der Waals surface area contributed by atoms with Gasteiger partial charge < -0.3 is 10.6 Å². The van der Waals surface area contributed by atoms with Gasteiger partial charge in [0.15, 0.2) is 0 Å². The van der Waals surface area contributed by atoms with Crippen molar-refractivity contribution >= 4 is 21.8 Å². The monoisotopic (exact) mass is 457 g/mol. The van der Waals surface area contributed by atoms with Crippen LogP contribution in [0.15, 0.2) is 47.4 Å². The van der Waals surface area contributed by atoms with Gasteiger partial charge in [0.05, 0.1) is 4.90 Å². The van der Waals surface area contributed by atoms with Crippen LogP contribution in [0.2, 0.25) is 0 Å². The normalized spacial score (nSPS) is 14.6. The number of carbonyl (C=O) groups excluding carboxylic acids is 2. The summed E-state index contributed by atoms with van der Waals surface area (Å²) in [5.41, 5.74) is 3.26. The van der Waals surface area contributed by atoms with Crippen LogP contribution in [0.4, 0.5) is 0 Å². The predicted molar refractivity (Wildman–Crippen MR) is 124 cm³/mol. The SMILES string of the molecule is Cc1cc(C)c(S(=O)(=O)NCCC(=O)NC(Cc2ccccc2)C(=O)NC2CC2)c(C)c1. The molecule has 1 saturated carbocycles. The first-order valence-electron chi connectivity index (χ1n) is 10.9. The Morgan fingerprint density at radius 2 is 1.66 bits per heavy atom. The van der Waals surface area contributed by atoms with Crippen LogP contribution in [-0.2, 0) is 26.0 Å². The number of benzene rings is 2. The molecule has 0 heterocycles. The van der Waals surface area contributed by atoms with Crippen LogP contribution < -0.4 is 15.4 Å². The van der Waals surface area contributed by atoms with E-state index in [0.717, 1.165) is 24.0 Å². The summed E-state index contributed by atoms with van der Waals surface area (Å²) in [5, 5.41) is 5.70. The van der Waals surface area contributed by atoms with Crippen LogP contribution >= 0.6 is 0 Å². The zero-order valence-electron chi connectivity index (χ0n) is 18.8. The smallest absolute Gasteiger partial charge is 0.243 e. The third kappa shape index (κ3) is 6.64. The van der Waals surface area contributed by atoms with Gasteiger partial charge in [0.25, 0.3) is 0 Å². The van der Waals surface area contributed by atoms with Crippen LogP contribution in [0, 0.1) is 20.8 Å². The molecule has 1 aliphatic carbocycles. The fraction of sp³-hybridized carbons (Fsp3) is 0.417. The summed E-state index contributed by atoms with van der Waals surface area (Å²) < 4.78 is 28.0. The van der Waals surface area contributed by atoms with Crippen LogP contribution in [0.1, 0.15) is 41.5 Å². The van der Waals surface area contributed by atoms with Gasteiger partial charge in [-0.15, -0.1) is 0 Å². The van der Waals surface area contributed by atoms with Gasteiger partial charge in [-0.2, -0.15) is 0 Å². The van der Waals surface area contributed by atoms with Crippen LogP contribution in [-0.4, -0.2) is 38.9 Å². The highest BCUT2D eigenvalue weighted by Crippen LogP contribution is 2.21. The number of amides is 2. The summed E-state index contributed by atoms with van der Waals surface area (Å²) in [6.07, 6.45) is 2.22. The molecule has 1 atom stereocenters. The average Bonchev–Trinajstić information content (AvgIpc) is 3.51. The molecule has 0 saturated heterocycles. The van der Waals surface area contributed by atoms with Gasteiger partial charge in [0.2, 0.25) is 21.8 Å². The van der Waals surface area contributed by atoms with E-state index in [1.165, 1.54) is 0 Å². The zero-order valence-corrected chi connectivity index (χ0v) is 19.6. The van der Waals surface area contributed by atoms with Gasteiger partial charge in [-0.1, -0.05) is 48.0 Å². The summed E-state index contributed by atoms with van der Waals surface area (Å²) in [6.45, 7) is 5.38. The van der Waals surface area contributed by atoms with Gasteiger partial charge >= 0.3 is 0 Å². The summed E-state index contributed by atoms with van der Waals surface area (Å²) in [5.74, 6) is -0.590. The minimum atomic E-state index is -3.74. The summed E-state index contributed by atoms with van der Waals surface area (Å²) in [4.78, 5) is 25.4. The molecule has 2 aromatic carbocycles. The van der Waals surface area contributed by atoms with Crippen molar-refractivity contribution in [3.8, 4) is 0 Å². The summed E-state index contributed by atoms with van der Waals surface area (Å²) in [6, 6.07) is 12.6. The Morgan fingerprint density at radius 1 is 1.03 bits per heavy atom. The minimum absolute atomic E-state index is 0.0524. The molecule has 1 unspecified atom stereocenters. The molecule has 0 spiro atoms. The van der Waals surface area contributed by atoms with E-state index in [0.29, 0.717) is 17.5 Å². The Balaban J connectivity index is 1.59. The highest BCUT2D eigenvalue weighted by molar-refractivity contribution is 7.89. The molecular formula is C24H31N3O4S. The van der Waals surface area contributed by atoms with Crippen molar-refractivity contribution in [1.29, 1.82) is 0 Å². The Bertz CT molecular complexity index is 1060. The van der Waals surface area contributed by atoms with Gasteiger partial charge in [-0.05, 0) is 50.3 Å². The van der Waals surface area contributed by atoms with E-state index in [2.05, 4.69) is 15.4 Å². The second-order valence-electron chi connectivity index (χ2n) is 8.47. The molecule has 0 radical (unpaired) electrons. The van der Waals surface area contributed by atoms with E-state index in [1.807, 2.05) is 49.4 Å². The van der Waals surface area contributed by atoms with Crippen LogP contribution in [0.25, 0.3) is 0 Å². The standard InChI is InChI=1S/C24H31N3O4S/c1-16-13-17(2)23(18(3)14-16)32(30,31)25-12-11-22(28)27-21(24(29)26-20-9-10-20)15-19-7-5-4-6-8-19/h4-8,13-14,20-21,25H,9-12,15H2,1-3H3,(H,26,29)(H,27,28). The van der Waals surface area contributed by atoms with Crippen molar-refractivity contribution in [2.75, 3.05) is 6.54 Å². The Labute approximate surface area is 190 Å². The molecule has 172 valence electrons. The van der Waals surface area contributed by atoms with E-state index in [4.69, 9.17) is 0 Å². The van der Waals surface area contributed by atoms with Gasteiger partial charge in [-0.25, -0.2) is 13.1 Å². The van der Waals surface area contributed by atoms with E-state index in [9.17, 15) is 18.0 Å². The number of rotatable bonds is 10. The van der Waals surface area contributed by atoms with Gasteiger partial charge in [0.1, 0.15) is 6.04 Å². The predicted octanol–water partition coefficient (Wildman–Crippen LogP) is 2.29. The number of aryl methyl sites for hydroxylation is 3. The largest absolute Gasteiger partial charge is 0.352 e. The molecule has 1 aliphatic rings. The lowest BCUT2D eigenvalue weighted by atomic mass is 10.0. The molecule has 3 N–H and O–H groups in total. The molecule has 1 fully saturated rings. The maximum Gasteiger partial charge on any atom is 0.243 e. The molecule has 3 rings (SSSR count). The number of carbonyl (C=O) groups is 2. The lowest BCUT2D eigenvalue weighted by molar-refractivity contribution is -0.129. The summed E-state index contributed by atoms with van der Waals surface area (Å²) in [7, 11) is -3.74. The number of sulfonamides is 1. The first-order chi connectivity index (χ1) is 15.2. The van der Waals surface area contributed by atoms with Crippen LogP contribution in [0.3, 0.4) is 0 Å². The average molecular weight is 458 g/mol. The van der Waals surface area contributed by atoms with E-state index in [-0.39, 0.29) is 35.7 Å². The van der Waals surface area contributed by atoms with Gasteiger partial charge in [-0.3, -0.25) is 9.59 Å². The van der Waals surface area contributed by atoms with Crippen molar-refractivity contribution in [2.24, 2.45) is 0 Å². The van der Waals surface area contributed by atoms with E-state index >= 15 is 0 Å². The van der Waals surface area contributed by atoms with Crippen molar-refractivity contribution in [3.63, 3.8) is 0 Å². The van der Waals surface area contributed by atoms with Crippen LogP contribution in [0.5, 0.6) is 0 Å². The maximum atomic E-state index is 12.8. The first-order valence-corrected chi connectivity index (χ1v) is 12.3. The summed E-state index contributed by atoms with van der Waals surface area (Å²) >= 11 is 0. The topological polar surface area (TPSA) is 104 Å². The Morgan fingerprint density at radius 3 is 2.25 bits per heavy atom. The molecule has 0 bridgehead atoms. The van der Waals surface area contributed by atoms with E-state index in [1.54, 1.807) is 13.8 Å². The van der Waals surface area contributed by atoms with Crippen molar-refractivity contribution in [1.82, 2.24) is 15.4 Å². The fourth-order valence-electron chi connectivity index (χ4n) is 3.82. The highest BCUT2D eigenvalue weighted by atomic mass is 32.2. The first kappa shape index (κ1) is 23.9. The quantitative estimate of drug-likeness (QED) is 0.509. The third-order valence-corrected chi connectivity index (χ3v) is 7.14. The second-order valence-corrected chi connectivity index (χ2v) is 10.2. The lowest BCUT2D eigenvalue weighted by Crippen LogP contribution is -2.49. The maximum absolute atomic E-state index is 12.8. The molecule has 0 aromatic heterocycles. The number of nitrogens with one attached hydrogen (secondary N) is 3. The number of hydrogen-bond donors (Lipinski definition) is 3. The number of hydrogen-bond acceptors (Lipinski definition) is 4. The molecule has 0 aliphatic heterocycles. The van der Waals surface area contributed by atoms with Crippen molar-refractivity contribution in [3.05, 3.63) is 64.7 Å². The van der Waals surface area contributed by atoms with Crippen molar-refractivity contribution < 1.29 is 18.0 Å². The Hall–Kier alpha value is -2.71. The molecule has 8 heteroatoms. The zero-order chi connectivity index (χ0) is 23.3. The van der Waals surface area contributed by atoms with Crippen molar-refractivity contribution in [2.45, 2.75) is 63.4 Å². The fourth-order valence-corrected chi connectivity index (χ4v) is 5.30. The van der Waals surface area contributed by atoms with E-state index < -0.39 is 16.1 Å². The molecule has 32 heavy (non-hydrogen) atoms. The second kappa shape index (κ2) is 10.3. The molecule has 2 aromatic rings. The highest BCUT2D eigenvalue weighted by Gasteiger charge is 2.28. The molecule has 7 nitrogen and oxygen atoms in total. The Kier molecular flexibility index (Phi) is 7.69. The molecular weight excluding hydrogens is 426 g/mol. The minimum Gasteiger partial charge on any atom is -0.352 e.